The van der Waals surface area contributed by atoms with Gasteiger partial charge in [-0.25, -0.2) is 0 Å². The van der Waals surface area contributed by atoms with Gasteiger partial charge < -0.3 is 0 Å². The molecule has 0 aromatic heterocycles. The molecule has 5 fully saturated rings. The van der Waals surface area contributed by atoms with E-state index in [0.717, 1.165) is 29.6 Å². The van der Waals surface area contributed by atoms with Gasteiger partial charge >= 0.3 is 0 Å². The highest BCUT2D eigenvalue weighted by Crippen LogP contribution is 2.77. The Morgan fingerprint density at radius 3 is 2.23 bits per heavy atom. The van der Waals surface area contributed by atoms with Crippen LogP contribution in [0.5, 0.6) is 0 Å². The molecule has 0 nitrogen and oxygen atoms in total. The van der Waals surface area contributed by atoms with E-state index in [0.29, 0.717) is 27.1 Å². The minimum atomic E-state index is 0.443. The molecule has 0 N–H and O–H groups in total. The number of allylic oxidation sites excluding steroid dienone is 1. The van der Waals surface area contributed by atoms with Gasteiger partial charge in [-0.15, -0.1) is 5.73 Å². The summed E-state index contributed by atoms with van der Waals surface area (Å²) in [6.07, 6.45) is 18.5. The Labute approximate surface area is 187 Å². The number of rotatable bonds is 1. The van der Waals surface area contributed by atoms with Crippen molar-refractivity contribution >= 4 is 0 Å². The highest BCUT2D eigenvalue weighted by molar-refractivity contribution is 5.20. The van der Waals surface area contributed by atoms with Gasteiger partial charge in [0.1, 0.15) is 0 Å². The third-order valence-electron chi connectivity index (χ3n) is 13.4. The molecule has 0 bridgehead atoms. The van der Waals surface area contributed by atoms with Gasteiger partial charge in [0.2, 0.25) is 0 Å². The molecule has 0 amide bonds. The molecule has 5 aliphatic carbocycles. The van der Waals surface area contributed by atoms with Gasteiger partial charge in [-0.1, -0.05) is 54.5 Å². The first-order valence-electron chi connectivity index (χ1n) is 13.4. The molecule has 0 aromatic carbocycles. The molecule has 5 rings (SSSR count). The Kier molecular flexibility index (Phi) is 4.65. The fourth-order valence-corrected chi connectivity index (χ4v) is 11.3. The lowest BCUT2D eigenvalue weighted by Crippen LogP contribution is -2.65. The van der Waals surface area contributed by atoms with Crippen LogP contribution >= 0.6 is 0 Å². The van der Waals surface area contributed by atoms with Crippen molar-refractivity contribution in [1.82, 2.24) is 0 Å². The lowest BCUT2D eigenvalue weighted by molar-refractivity contribution is -0.236. The fourth-order valence-electron chi connectivity index (χ4n) is 11.3. The molecular formula is C30H48. The monoisotopic (exact) mass is 408 g/mol. The molecule has 0 heterocycles. The summed E-state index contributed by atoms with van der Waals surface area (Å²) in [6, 6.07) is 0. The van der Waals surface area contributed by atoms with E-state index in [1.54, 1.807) is 0 Å². The molecule has 0 spiro atoms. The van der Waals surface area contributed by atoms with Crippen LogP contribution in [0, 0.1) is 56.7 Å². The van der Waals surface area contributed by atoms with Crippen LogP contribution in [-0.4, -0.2) is 0 Å². The van der Waals surface area contributed by atoms with Crippen molar-refractivity contribution in [2.45, 2.75) is 112 Å². The number of hydrogen-bond acceptors (Lipinski definition) is 0. The number of fused-ring (bicyclic) bond motifs is 7. The van der Waals surface area contributed by atoms with E-state index in [4.69, 9.17) is 0 Å². The second-order valence-electron chi connectivity index (χ2n) is 14.0. The third kappa shape index (κ3) is 2.42. The molecule has 0 saturated heterocycles. The summed E-state index contributed by atoms with van der Waals surface area (Å²) < 4.78 is 0. The first-order chi connectivity index (χ1) is 14.1. The summed E-state index contributed by atoms with van der Waals surface area (Å²) in [4.78, 5) is 0. The molecular weight excluding hydrogens is 360 g/mol. The summed E-state index contributed by atoms with van der Waals surface area (Å²) in [7, 11) is 0. The Morgan fingerprint density at radius 2 is 1.50 bits per heavy atom. The van der Waals surface area contributed by atoms with Gasteiger partial charge in [-0.05, 0) is 127 Å². The first-order valence-corrected chi connectivity index (χ1v) is 13.4. The Balaban J connectivity index is 1.53. The zero-order chi connectivity index (χ0) is 21.6. The minimum Gasteiger partial charge on any atom is -0.132 e. The normalized spacial score (nSPS) is 56.7. The SMILES string of the molecule is C=C=C[C@]12CCCC1C1CCC3[C@@]4(C)CC[C@H](C)C(C)(C)C4CC[C@@]3(C)[C@]1(C)CC2. The molecule has 30 heavy (non-hydrogen) atoms. The minimum absolute atomic E-state index is 0.443. The Hall–Kier alpha value is -0.480. The average Bonchev–Trinajstić information content (AvgIpc) is 3.10. The third-order valence-corrected chi connectivity index (χ3v) is 13.4. The van der Waals surface area contributed by atoms with E-state index < -0.39 is 0 Å². The molecule has 4 unspecified atom stereocenters. The summed E-state index contributed by atoms with van der Waals surface area (Å²) in [5.74, 6) is 4.56. The van der Waals surface area contributed by atoms with E-state index in [9.17, 15) is 0 Å². The van der Waals surface area contributed by atoms with E-state index >= 15 is 0 Å². The topological polar surface area (TPSA) is 0 Å². The predicted octanol–water partition coefficient (Wildman–Crippen LogP) is 8.82. The largest absolute Gasteiger partial charge is 0.132 e. The van der Waals surface area contributed by atoms with Crippen molar-refractivity contribution in [3.63, 3.8) is 0 Å². The van der Waals surface area contributed by atoms with Gasteiger partial charge in [0.05, 0.1) is 0 Å². The molecule has 0 aromatic rings. The second kappa shape index (κ2) is 6.53. The molecule has 5 saturated carbocycles. The van der Waals surface area contributed by atoms with Gasteiger partial charge in [0, 0.05) is 0 Å². The Bertz CT molecular complexity index is 754. The van der Waals surface area contributed by atoms with Crippen molar-refractivity contribution in [2.24, 2.45) is 56.7 Å². The zero-order valence-corrected chi connectivity index (χ0v) is 20.9. The standard InChI is InChI=1S/C30H48/c1-8-15-30-16-9-10-23(30)22-11-12-25-27(5)17-13-21(2)26(3,4)24(27)14-18-29(25,7)28(22,6)19-20-30/h15,21-25H,1,9-14,16-20H2,2-7H3/t21-,22?,23?,24?,25?,27-,28+,29+,30+/m0/s1. The van der Waals surface area contributed by atoms with Crippen LogP contribution in [0.15, 0.2) is 18.4 Å². The number of hydrogen-bond donors (Lipinski definition) is 0. The summed E-state index contributed by atoms with van der Waals surface area (Å²) in [6.45, 7) is 20.1. The summed E-state index contributed by atoms with van der Waals surface area (Å²) in [5.41, 5.74) is 5.83. The van der Waals surface area contributed by atoms with Crippen molar-refractivity contribution in [3.8, 4) is 0 Å². The van der Waals surface area contributed by atoms with Gasteiger partial charge in [-0.3, -0.25) is 0 Å². The molecule has 0 radical (unpaired) electrons. The zero-order valence-electron chi connectivity index (χ0n) is 20.9. The van der Waals surface area contributed by atoms with Crippen LogP contribution in [0.3, 0.4) is 0 Å². The Morgan fingerprint density at radius 1 is 0.733 bits per heavy atom. The smallest absolute Gasteiger partial charge is 0.00114 e. The van der Waals surface area contributed by atoms with E-state index in [-0.39, 0.29) is 0 Å². The molecule has 0 heteroatoms. The summed E-state index contributed by atoms with van der Waals surface area (Å²) >= 11 is 0. The maximum Gasteiger partial charge on any atom is -0.00114 e. The van der Waals surface area contributed by atoms with Crippen LogP contribution < -0.4 is 0 Å². The van der Waals surface area contributed by atoms with Crippen LogP contribution in [0.4, 0.5) is 0 Å². The van der Waals surface area contributed by atoms with Crippen LogP contribution in [-0.2, 0) is 0 Å². The highest BCUT2D eigenvalue weighted by atomic mass is 14.7. The summed E-state index contributed by atoms with van der Waals surface area (Å²) in [5, 5.41) is 0. The van der Waals surface area contributed by atoms with Gasteiger partial charge in [-0.2, -0.15) is 0 Å². The van der Waals surface area contributed by atoms with Crippen molar-refractivity contribution in [1.29, 1.82) is 0 Å². The molecule has 9 atom stereocenters. The van der Waals surface area contributed by atoms with Gasteiger partial charge in [0.15, 0.2) is 0 Å². The van der Waals surface area contributed by atoms with Crippen LogP contribution in [0.1, 0.15) is 112 Å². The van der Waals surface area contributed by atoms with Crippen molar-refractivity contribution in [3.05, 3.63) is 18.4 Å². The maximum atomic E-state index is 4.00. The second-order valence-corrected chi connectivity index (χ2v) is 14.0. The average molecular weight is 409 g/mol. The van der Waals surface area contributed by atoms with Crippen molar-refractivity contribution < 1.29 is 0 Å². The first kappa shape index (κ1) is 21.4. The predicted molar refractivity (Wildman–Crippen MR) is 128 cm³/mol. The van der Waals surface area contributed by atoms with Crippen LogP contribution in [0.25, 0.3) is 0 Å². The maximum absolute atomic E-state index is 4.00. The fraction of sp³-hybridized carbons (Fsp3) is 0.900. The molecule has 5 aliphatic rings. The van der Waals surface area contributed by atoms with Crippen LogP contribution in [0.2, 0.25) is 0 Å². The van der Waals surface area contributed by atoms with E-state index in [1.807, 2.05) is 0 Å². The lowest BCUT2D eigenvalue weighted by Gasteiger charge is -2.72. The lowest BCUT2D eigenvalue weighted by atomic mass is 9.32. The highest BCUT2D eigenvalue weighted by Gasteiger charge is 2.69. The van der Waals surface area contributed by atoms with E-state index in [2.05, 4.69) is 59.9 Å². The van der Waals surface area contributed by atoms with Crippen molar-refractivity contribution in [2.75, 3.05) is 0 Å². The molecule has 0 aliphatic heterocycles. The van der Waals surface area contributed by atoms with E-state index in [1.165, 1.54) is 70.6 Å². The quantitative estimate of drug-likeness (QED) is 0.380. The molecule has 168 valence electrons. The van der Waals surface area contributed by atoms with Gasteiger partial charge in [0.25, 0.3) is 0 Å².